The largest absolute Gasteiger partial charge is 0.488 e. The summed E-state index contributed by atoms with van der Waals surface area (Å²) in [7, 11) is 0. The van der Waals surface area contributed by atoms with Crippen molar-refractivity contribution in [2.75, 3.05) is 6.61 Å². The number of hydrogen-bond acceptors (Lipinski definition) is 6. The number of carbonyl (C=O) groups is 1. The number of rotatable bonds is 5. The Labute approximate surface area is 144 Å². The van der Waals surface area contributed by atoms with Gasteiger partial charge >= 0.3 is 5.97 Å². The summed E-state index contributed by atoms with van der Waals surface area (Å²) in [6.45, 7) is 8.23. The molecule has 0 N–H and O–H groups in total. The molecular weight excluding hydrogens is 326 g/mol. The van der Waals surface area contributed by atoms with Gasteiger partial charge in [0.2, 0.25) is 0 Å². The standard InChI is InChI=1S/C18H19NO4S/c1-5-21-18(20)16-12(4)23-17-10(2)6-13(7-14(16)17)22-8-15-11(3)19-9-24-15/h6-7,9H,5,8H2,1-4H3. The van der Waals surface area contributed by atoms with Gasteiger partial charge in [-0.1, -0.05) is 0 Å². The number of ether oxygens (including phenoxy) is 2. The molecule has 0 radical (unpaired) electrons. The Hall–Kier alpha value is -2.34. The zero-order valence-electron chi connectivity index (χ0n) is 14.1. The van der Waals surface area contributed by atoms with Crippen LogP contribution in [0, 0.1) is 20.8 Å². The Bertz CT molecular complexity index is 894. The van der Waals surface area contributed by atoms with E-state index in [9.17, 15) is 4.79 Å². The average Bonchev–Trinajstić information content (AvgIpc) is 3.08. The van der Waals surface area contributed by atoms with Crippen molar-refractivity contribution in [3.63, 3.8) is 0 Å². The lowest BCUT2D eigenvalue weighted by Gasteiger charge is -2.07. The molecule has 2 heterocycles. The van der Waals surface area contributed by atoms with E-state index in [0.717, 1.165) is 21.5 Å². The van der Waals surface area contributed by atoms with Crippen molar-refractivity contribution >= 4 is 28.3 Å². The van der Waals surface area contributed by atoms with Gasteiger partial charge in [0.15, 0.2) is 0 Å². The minimum atomic E-state index is -0.372. The summed E-state index contributed by atoms with van der Waals surface area (Å²) in [6.07, 6.45) is 0. The van der Waals surface area contributed by atoms with Gasteiger partial charge in [0.25, 0.3) is 0 Å². The van der Waals surface area contributed by atoms with Crippen LogP contribution in [0.1, 0.15) is 39.2 Å². The topological polar surface area (TPSA) is 61.6 Å². The van der Waals surface area contributed by atoms with Crippen LogP contribution in [-0.4, -0.2) is 17.6 Å². The third kappa shape index (κ3) is 3.01. The smallest absolute Gasteiger partial charge is 0.342 e. The van der Waals surface area contributed by atoms with Crippen LogP contribution in [0.3, 0.4) is 0 Å². The van der Waals surface area contributed by atoms with E-state index in [1.165, 1.54) is 0 Å². The van der Waals surface area contributed by atoms with Crippen LogP contribution in [-0.2, 0) is 11.3 Å². The summed E-state index contributed by atoms with van der Waals surface area (Å²) >= 11 is 1.57. The van der Waals surface area contributed by atoms with Gasteiger partial charge in [-0.25, -0.2) is 9.78 Å². The summed E-state index contributed by atoms with van der Waals surface area (Å²) < 4.78 is 16.8. The van der Waals surface area contributed by atoms with Crippen LogP contribution in [0.25, 0.3) is 11.0 Å². The fourth-order valence-corrected chi connectivity index (χ4v) is 3.30. The Kier molecular flexibility index (Phi) is 4.57. The maximum atomic E-state index is 12.2. The molecule has 0 saturated carbocycles. The van der Waals surface area contributed by atoms with E-state index in [0.29, 0.717) is 35.9 Å². The zero-order chi connectivity index (χ0) is 17.3. The van der Waals surface area contributed by atoms with Crippen LogP contribution in [0.4, 0.5) is 0 Å². The number of fused-ring (bicyclic) bond motifs is 1. The van der Waals surface area contributed by atoms with E-state index in [-0.39, 0.29) is 5.97 Å². The van der Waals surface area contributed by atoms with E-state index < -0.39 is 0 Å². The number of carbonyl (C=O) groups excluding carboxylic acids is 1. The predicted octanol–water partition coefficient (Wildman–Crippen LogP) is 4.57. The third-order valence-corrected chi connectivity index (χ3v) is 4.73. The summed E-state index contributed by atoms with van der Waals surface area (Å²) in [5.74, 6) is 0.879. The molecule has 0 aliphatic rings. The number of esters is 1. The zero-order valence-corrected chi connectivity index (χ0v) is 15.0. The molecule has 1 aromatic carbocycles. The predicted molar refractivity (Wildman–Crippen MR) is 92.8 cm³/mol. The first-order valence-electron chi connectivity index (χ1n) is 7.73. The first-order chi connectivity index (χ1) is 11.5. The third-order valence-electron chi connectivity index (χ3n) is 3.82. The van der Waals surface area contributed by atoms with Gasteiger partial charge in [0.05, 0.1) is 22.7 Å². The monoisotopic (exact) mass is 345 g/mol. The number of aromatic nitrogens is 1. The molecule has 126 valence electrons. The van der Waals surface area contributed by atoms with E-state index in [4.69, 9.17) is 13.9 Å². The van der Waals surface area contributed by atoms with Crippen LogP contribution in [0.5, 0.6) is 5.75 Å². The summed E-state index contributed by atoms with van der Waals surface area (Å²) in [6, 6.07) is 3.75. The minimum Gasteiger partial charge on any atom is -0.488 e. The van der Waals surface area contributed by atoms with Gasteiger partial charge in [-0.05, 0) is 45.4 Å². The minimum absolute atomic E-state index is 0.324. The molecule has 24 heavy (non-hydrogen) atoms. The van der Waals surface area contributed by atoms with Gasteiger partial charge in [0.1, 0.15) is 29.3 Å². The summed E-state index contributed by atoms with van der Waals surface area (Å²) in [4.78, 5) is 17.5. The van der Waals surface area contributed by atoms with Crippen molar-refractivity contribution in [3.05, 3.63) is 45.1 Å². The molecule has 0 spiro atoms. The SMILES string of the molecule is CCOC(=O)c1c(C)oc2c(C)cc(OCc3scnc3C)cc12. The highest BCUT2D eigenvalue weighted by molar-refractivity contribution is 7.09. The highest BCUT2D eigenvalue weighted by Gasteiger charge is 2.21. The molecule has 0 amide bonds. The first kappa shape index (κ1) is 16.5. The number of hydrogen-bond donors (Lipinski definition) is 0. The quantitative estimate of drug-likeness (QED) is 0.634. The van der Waals surface area contributed by atoms with Gasteiger partial charge in [-0.2, -0.15) is 0 Å². The van der Waals surface area contributed by atoms with Crippen molar-refractivity contribution in [3.8, 4) is 5.75 Å². The molecule has 0 atom stereocenters. The molecule has 0 saturated heterocycles. The van der Waals surface area contributed by atoms with Gasteiger partial charge in [-0.3, -0.25) is 0 Å². The fourth-order valence-electron chi connectivity index (χ4n) is 2.61. The molecule has 6 heteroatoms. The van der Waals surface area contributed by atoms with E-state index in [1.54, 1.807) is 30.7 Å². The number of furan rings is 1. The van der Waals surface area contributed by atoms with Crippen molar-refractivity contribution in [2.24, 2.45) is 0 Å². The Balaban J connectivity index is 1.97. The molecule has 3 rings (SSSR count). The van der Waals surface area contributed by atoms with Crippen LogP contribution in [0.2, 0.25) is 0 Å². The van der Waals surface area contributed by atoms with Gasteiger partial charge < -0.3 is 13.9 Å². The molecule has 0 fully saturated rings. The van der Waals surface area contributed by atoms with Crippen molar-refractivity contribution in [1.29, 1.82) is 0 Å². The van der Waals surface area contributed by atoms with Crippen molar-refractivity contribution < 1.29 is 18.7 Å². The number of nitrogens with zero attached hydrogens (tertiary/aromatic N) is 1. The van der Waals surface area contributed by atoms with E-state index >= 15 is 0 Å². The molecule has 2 aromatic heterocycles. The van der Waals surface area contributed by atoms with Crippen LogP contribution >= 0.6 is 11.3 Å². The number of aryl methyl sites for hydroxylation is 3. The number of thiazole rings is 1. The molecule has 0 aliphatic heterocycles. The second kappa shape index (κ2) is 6.65. The normalized spacial score (nSPS) is 11.0. The fraction of sp³-hybridized carbons (Fsp3) is 0.333. The van der Waals surface area contributed by atoms with E-state index in [1.807, 2.05) is 26.0 Å². The lowest BCUT2D eigenvalue weighted by atomic mass is 10.1. The Morgan fingerprint density at radius 1 is 1.29 bits per heavy atom. The average molecular weight is 345 g/mol. The summed E-state index contributed by atoms with van der Waals surface area (Å²) in [5, 5.41) is 0.724. The summed E-state index contributed by atoms with van der Waals surface area (Å²) in [5.41, 5.74) is 4.86. The molecule has 5 nitrogen and oxygen atoms in total. The highest BCUT2D eigenvalue weighted by atomic mass is 32.1. The van der Waals surface area contributed by atoms with Gasteiger partial charge in [0, 0.05) is 5.39 Å². The van der Waals surface area contributed by atoms with Crippen molar-refractivity contribution in [1.82, 2.24) is 4.98 Å². The van der Waals surface area contributed by atoms with Crippen LogP contribution < -0.4 is 4.74 Å². The Morgan fingerprint density at radius 2 is 2.08 bits per heavy atom. The first-order valence-corrected chi connectivity index (χ1v) is 8.61. The molecule has 0 unspecified atom stereocenters. The second-order valence-electron chi connectivity index (χ2n) is 5.52. The maximum absolute atomic E-state index is 12.2. The molecule has 0 bridgehead atoms. The van der Waals surface area contributed by atoms with Gasteiger partial charge in [-0.15, -0.1) is 11.3 Å². The van der Waals surface area contributed by atoms with Crippen LogP contribution in [0.15, 0.2) is 22.1 Å². The second-order valence-corrected chi connectivity index (χ2v) is 6.46. The Morgan fingerprint density at radius 3 is 2.75 bits per heavy atom. The lowest BCUT2D eigenvalue weighted by molar-refractivity contribution is 0.0526. The highest BCUT2D eigenvalue weighted by Crippen LogP contribution is 2.33. The lowest BCUT2D eigenvalue weighted by Crippen LogP contribution is -2.05. The molecule has 0 aliphatic carbocycles. The van der Waals surface area contributed by atoms with E-state index in [2.05, 4.69) is 4.98 Å². The molecular formula is C18H19NO4S. The maximum Gasteiger partial charge on any atom is 0.342 e. The number of benzene rings is 1. The van der Waals surface area contributed by atoms with Crippen molar-refractivity contribution in [2.45, 2.75) is 34.3 Å². The molecule has 3 aromatic rings.